The van der Waals surface area contributed by atoms with Crippen molar-refractivity contribution >= 4 is 45.0 Å². The minimum absolute atomic E-state index is 0.0185. The number of aryl methyl sites for hydroxylation is 1. The zero-order chi connectivity index (χ0) is 28.2. The number of aromatic nitrogens is 1. The molecule has 1 aliphatic heterocycles. The molecule has 2 N–H and O–H groups in total. The first-order chi connectivity index (χ1) is 18.6. The minimum atomic E-state index is -4.03. The smallest absolute Gasteiger partial charge is 0.301 e. The third-order valence-corrected chi connectivity index (χ3v) is 8.38. The molecule has 208 valence electrons. The fraction of sp³-hybridized carbons (Fsp3) is 0.346. The average Bonchev–Trinajstić information content (AvgIpc) is 3.48. The quantitative estimate of drug-likeness (QED) is 0.348. The summed E-state index contributed by atoms with van der Waals surface area (Å²) in [6.45, 7) is 2.43. The average molecular weight is 593 g/mol. The second-order valence-electron chi connectivity index (χ2n) is 8.97. The van der Waals surface area contributed by atoms with Crippen LogP contribution in [0.5, 0.6) is 11.5 Å². The molecule has 2 amide bonds. The first kappa shape index (κ1) is 28.8. The van der Waals surface area contributed by atoms with Gasteiger partial charge in [0.1, 0.15) is 26.9 Å². The third-order valence-electron chi connectivity index (χ3n) is 6.15. The van der Waals surface area contributed by atoms with E-state index in [1.54, 1.807) is 24.1 Å². The molecule has 39 heavy (non-hydrogen) atoms. The predicted octanol–water partition coefficient (Wildman–Crippen LogP) is 3.60. The number of methoxy groups -OCH3 is 1. The molecular weight excluding hydrogens is 564 g/mol. The maximum absolute atomic E-state index is 13.8. The molecule has 1 aliphatic rings. The zero-order valence-electron chi connectivity index (χ0n) is 21.7. The number of fused-ring (bicyclic) bond motifs is 1. The Hall–Kier alpha value is -3.19. The van der Waals surface area contributed by atoms with Gasteiger partial charge < -0.3 is 14.4 Å². The standard InChI is InChI=1S/C26H29ClN4O6S2/c1-16-12-19-20(36-3)13-18(14-21(19)37-16)26(33)31(11-7-10-17-8-5-4-6-9-17)15-22-29-23(24(27)38-22)25(32)30-39(34,35)28-2/h4-6,8-9,13-14,16,28H,7,10-12,15H2,1-3H3,(H,30,32). The van der Waals surface area contributed by atoms with Crippen molar-refractivity contribution in [3.8, 4) is 11.5 Å². The van der Waals surface area contributed by atoms with Gasteiger partial charge in [-0.05, 0) is 37.5 Å². The summed E-state index contributed by atoms with van der Waals surface area (Å²) < 4.78 is 38.8. The summed E-state index contributed by atoms with van der Waals surface area (Å²) in [6, 6.07) is 13.4. The van der Waals surface area contributed by atoms with Crippen LogP contribution in [0.25, 0.3) is 0 Å². The van der Waals surface area contributed by atoms with Crippen molar-refractivity contribution in [2.75, 3.05) is 20.7 Å². The number of nitrogens with one attached hydrogen (secondary N) is 2. The number of halogens is 1. The number of benzene rings is 2. The molecule has 0 aliphatic carbocycles. The van der Waals surface area contributed by atoms with Crippen molar-refractivity contribution in [3.63, 3.8) is 0 Å². The van der Waals surface area contributed by atoms with Crippen LogP contribution in [0.1, 0.15) is 50.3 Å². The summed E-state index contributed by atoms with van der Waals surface area (Å²) in [4.78, 5) is 32.1. The van der Waals surface area contributed by atoms with E-state index < -0.39 is 16.1 Å². The molecule has 1 aromatic heterocycles. The number of thiazole rings is 1. The molecule has 3 aromatic rings. The SMILES string of the molecule is CNS(=O)(=O)NC(=O)c1nc(CN(CCCc2ccccc2)C(=O)c2cc(OC)c3c(c2)OC(C)C3)sc1Cl. The van der Waals surface area contributed by atoms with E-state index in [0.29, 0.717) is 41.5 Å². The van der Waals surface area contributed by atoms with Gasteiger partial charge in [-0.2, -0.15) is 8.42 Å². The first-order valence-corrected chi connectivity index (χ1v) is 14.9. The van der Waals surface area contributed by atoms with Gasteiger partial charge in [0.15, 0.2) is 5.69 Å². The van der Waals surface area contributed by atoms with E-state index in [4.69, 9.17) is 21.1 Å². The fourth-order valence-electron chi connectivity index (χ4n) is 4.27. The Morgan fingerprint density at radius 3 is 2.69 bits per heavy atom. The highest BCUT2D eigenvalue weighted by Gasteiger charge is 2.28. The summed E-state index contributed by atoms with van der Waals surface area (Å²) in [5, 5.41) is 0.387. The molecule has 13 heteroatoms. The molecule has 2 heterocycles. The van der Waals surface area contributed by atoms with Gasteiger partial charge in [0.2, 0.25) is 0 Å². The monoisotopic (exact) mass is 592 g/mol. The first-order valence-electron chi connectivity index (χ1n) is 12.2. The lowest BCUT2D eigenvalue weighted by molar-refractivity contribution is 0.0740. The topological polar surface area (TPSA) is 127 Å². The lowest BCUT2D eigenvalue weighted by Crippen LogP contribution is -2.38. The van der Waals surface area contributed by atoms with E-state index in [9.17, 15) is 18.0 Å². The lowest BCUT2D eigenvalue weighted by atomic mass is 10.0. The van der Waals surface area contributed by atoms with Gasteiger partial charge in [-0.25, -0.2) is 14.4 Å². The van der Waals surface area contributed by atoms with Gasteiger partial charge in [-0.15, -0.1) is 11.3 Å². The summed E-state index contributed by atoms with van der Waals surface area (Å²) in [5.41, 5.74) is 2.25. The summed E-state index contributed by atoms with van der Waals surface area (Å²) in [5.74, 6) is -0.0151. The van der Waals surface area contributed by atoms with Crippen LogP contribution in [0.3, 0.4) is 0 Å². The van der Waals surface area contributed by atoms with Gasteiger partial charge in [-0.1, -0.05) is 41.9 Å². The number of carbonyl (C=O) groups excluding carboxylic acids is 2. The van der Waals surface area contributed by atoms with Crippen LogP contribution < -0.4 is 18.9 Å². The fourth-order valence-corrected chi connectivity index (χ4v) is 5.90. The van der Waals surface area contributed by atoms with Crippen molar-refractivity contribution in [3.05, 3.63) is 74.2 Å². The highest BCUT2D eigenvalue weighted by Crippen LogP contribution is 2.38. The number of amides is 2. The summed E-state index contributed by atoms with van der Waals surface area (Å²) in [6.07, 6.45) is 2.11. The predicted molar refractivity (Wildman–Crippen MR) is 149 cm³/mol. The van der Waals surface area contributed by atoms with Gasteiger partial charge in [-0.3, -0.25) is 9.59 Å². The van der Waals surface area contributed by atoms with Gasteiger partial charge in [0.25, 0.3) is 11.8 Å². The van der Waals surface area contributed by atoms with E-state index in [1.807, 2.05) is 46.7 Å². The molecule has 4 rings (SSSR count). The molecule has 10 nitrogen and oxygen atoms in total. The highest BCUT2D eigenvalue weighted by atomic mass is 35.5. The number of carbonyl (C=O) groups is 2. The Bertz CT molecular complexity index is 1460. The van der Waals surface area contributed by atoms with E-state index in [-0.39, 0.29) is 28.6 Å². The van der Waals surface area contributed by atoms with Crippen LogP contribution in [0, 0.1) is 0 Å². The molecule has 0 radical (unpaired) electrons. The van der Waals surface area contributed by atoms with E-state index in [0.717, 1.165) is 28.9 Å². The highest BCUT2D eigenvalue weighted by molar-refractivity contribution is 7.88. The number of hydrogen-bond acceptors (Lipinski definition) is 8. The molecule has 1 atom stereocenters. The Balaban J connectivity index is 1.59. The molecule has 0 fully saturated rings. The molecule has 0 saturated heterocycles. The van der Waals surface area contributed by atoms with Crippen molar-refractivity contribution in [1.29, 1.82) is 0 Å². The van der Waals surface area contributed by atoms with Crippen molar-refractivity contribution in [1.82, 2.24) is 19.3 Å². The lowest BCUT2D eigenvalue weighted by Gasteiger charge is -2.22. The zero-order valence-corrected chi connectivity index (χ0v) is 24.1. The Morgan fingerprint density at radius 2 is 2.00 bits per heavy atom. The van der Waals surface area contributed by atoms with Crippen LogP contribution in [-0.4, -0.2) is 56.9 Å². The largest absolute Gasteiger partial charge is 0.496 e. The third kappa shape index (κ3) is 7.07. The summed E-state index contributed by atoms with van der Waals surface area (Å²) >= 11 is 7.25. The van der Waals surface area contributed by atoms with Crippen LogP contribution in [0.15, 0.2) is 42.5 Å². The van der Waals surface area contributed by atoms with Crippen molar-refractivity contribution in [2.45, 2.75) is 38.8 Å². The molecule has 1 unspecified atom stereocenters. The molecule has 0 bridgehead atoms. The van der Waals surface area contributed by atoms with Crippen LogP contribution in [-0.2, 0) is 29.6 Å². The maximum atomic E-state index is 13.8. The van der Waals surface area contributed by atoms with E-state index in [2.05, 4.69) is 4.98 Å². The molecule has 0 saturated carbocycles. The second kappa shape index (κ2) is 12.3. The van der Waals surface area contributed by atoms with Crippen LogP contribution >= 0.6 is 22.9 Å². The maximum Gasteiger partial charge on any atom is 0.301 e. The van der Waals surface area contributed by atoms with Gasteiger partial charge in [0.05, 0.1) is 13.7 Å². The van der Waals surface area contributed by atoms with Crippen LogP contribution in [0.4, 0.5) is 0 Å². The van der Waals surface area contributed by atoms with Crippen molar-refractivity contribution < 1.29 is 27.5 Å². The van der Waals surface area contributed by atoms with Gasteiger partial charge in [0, 0.05) is 31.1 Å². The number of nitrogens with zero attached hydrogens (tertiary/aromatic N) is 2. The Kier molecular flexibility index (Phi) is 9.11. The summed E-state index contributed by atoms with van der Waals surface area (Å²) in [7, 11) is -1.31. The molecular formula is C26H29ClN4O6S2. The number of ether oxygens (including phenoxy) is 2. The number of rotatable bonds is 11. The molecule has 2 aromatic carbocycles. The minimum Gasteiger partial charge on any atom is -0.496 e. The van der Waals surface area contributed by atoms with E-state index >= 15 is 0 Å². The van der Waals surface area contributed by atoms with Gasteiger partial charge >= 0.3 is 10.2 Å². The Labute approximate surface area is 236 Å². The number of hydrogen-bond donors (Lipinski definition) is 2. The Morgan fingerprint density at radius 1 is 1.26 bits per heavy atom. The van der Waals surface area contributed by atoms with Crippen LogP contribution in [0.2, 0.25) is 4.34 Å². The molecule has 0 spiro atoms. The second-order valence-corrected chi connectivity index (χ2v) is 12.3. The van der Waals surface area contributed by atoms with Crippen molar-refractivity contribution in [2.24, 2.45) is 0 Å². The normalized spacial score (nSPS) is 14.4. The van der Waals surface area contributed by atoms with E-state index in [1.165, 1.54) is 7.05 Å².